The van der Waals surface area contributed by atoms with E-state index in [0.717, 1.165) is 6.07 Å². The van der Waals surface area contributed by atoms with Crippen LogP contribution in [0.15, 0.2) is 12.1 Å². The van der Waals surface area contributed by atoms with Crippen LogP contribution in [0, 0.1) is 132 Å². The molecule has 1 aromatic carbocycles. The Kier molecular flexibility index (Phi) is 16.8. The van der Waals surface area contributed by atoms with Crippen molar-refractivity contribution in [1.29, 1.82) is 0 Å². The third-order valence-corrected chi connectivity index (χ3v) is 1.29. The summed E-state index contributed by atoms with van der Waals surface area (Å²) in [6.45, 7) is 0. The van der Waals surface area contributed by atoms with Gasteiger partial charge in [-0.2, -0.15) is 0 Å². The van der Waals surface area contributed by atoms with E-state index in [-0.39, 0.29) is 138 Å². The van der Waals surface area contributed by atoms with Gasteiger partial charge in [0.2, 0.25) is 5.75 Å². The van der Waals surface area contributed by atoms with Gasteiger partial charge in [0.05, 0.1) is 5.56 Å². The van der Waals surface area contributed by atoms with E-state index in [9.17, 15) is 4.79 Å². The second-order valence-corrected chi connectivity index (χ2v) is 1.99. The van der Waals surface area contributed by atoms with Gasteiger partial charge in [-0.05, 0) is 12.1 Å². The number of hydrogen-bond acceptors (Lipinski definition) is 4. The van der Waals surface area contributed by atoms with Crippen LogP contribution >= 0.6 is 0 Å². The Morgan fingerprint density at radius 3 is 1.86 bits per heavy atom. The second-order valence-electron chi connectivity index (χ2n) is 1.99. The summed E-state index contributed by atoms with van der Waals surface area (Å²) in [5.41, 5.74) is -0.0553. The Balaban J connectivity index is -0.000000403. The predicted octanol–water partition coefficient (Wildman–Crippen LogP) is 0.616. The van der Waals surface area contributed by atoms with Crippen LogP contribution in [0.5, 0.6) is 17.2 Å². The molecule has 0 spiro atoms. The number of carbonyl (C=O) groups excluding carboxylic acids is 1. The third kappa shape index (κ3) is 5.80. The van der Waals surface area contributed by atoms with E-state index in [1.807, 2.05) is 0 Å². The van der Waals surface area contributed by atoms with Crippen LogP contribution in [-0.4, -0.2) is 21.6 Å². The first-order valence-electron chi connectivity index (χ1n) is 2.86. The number of rotatable bonds is 1. The molecule has 67 valence electrons. The van der Waals surface area contributed by atoms with E-state index in [1.165, 1.54) is 6.07 Å². The Bertz CT molecular complexity index is 303. The molecule has 0 aliphatic rings. The van der Waals surface area contributed by atoms with Crippen LogP contribution in [0.3, 0.4) is 0 Å². The van der Waals surface area contributed by atoms with E-state index >= 15 is 0 Å². The topological polar surface area (TPSA) is 77.8 Å². The van der Waals surface area contributed by atoms with Gasteiger partial charge in [-0.25, -0.2) is 0 Å². The summed E-state index contributed by atoms with van der Waals surface area (Å²) in [6.07, 6.45) is 0.383. The molecule has 0 aliphatic heterocycles. The zero-order chi connectivity index (χ0) is 8.43. The number of carbonyl (C=O) groups is 1. The van der Waals surface area contributed by atoms with Crippen LogP contribution in [0.25, 0.3) is 0 Å². The minimum absolute atomic E-state index is 0. The molecule has 1 aromatic rings. The van der Waals surface area contributed by atoms with Crippen LogP contribution < -0.4 is 0 Å². The molecular formula is C7H6Ac3O4. The third-order valence-electron chi connectivity index (χ3n) is 1.29. The van der Waals surface area contributed by atoms with Crippen molar-refractivity contribution in [3.63, 3.8) is 0 Å². The van der Waals surface area contributed by atoms with Crippen molar-refractivity contribution in [3.8, 4) is 17.2 Å². The zero-order valence-electron chi connectivity index (χ0n) is 7.21. The smallest absolute Gasteiger partial charge is 0.201 e. The minimum atomic E-state index is -0.672. The molecule has 0 atom stereocenters. The molecule has 3 N–H and O–H groups in total. The molecule has 0 fully saturated rings. The monoisotopic (exact) mass is 835 g/mol. The van der Waals surface area contributed by atoms with Gasteiger partial charge < -0.3 is 15.3 Å². The van der Waals surface area contributed by atoms with E-state index in [0.29, 0.717) is 6.29 Å². The van der Waals surface area contributed by atoms with Crippen molar-refractivity contribution in [2.75, 3.05) is 0 Å². The summed E-state index contributed by atoms with van der Waals surface area (Å²) in [6, 6.07) is 2.33. The number of phenolic OH excluding ortho intramolecular Hbond substituents is 3. The summed E-state index contributed by atoms with van der Waals surface area (Å²) in [4.78, 5) is 10.1. The van der Waals surface area contributed by atoms with E-state index in [2.05, 4.69) is 0 Å². The maximum Gasteiger partial charge on any atom is 0.201 e. The fourth-order valence-corrected chi connectivity index (χ4v) is 0.680. The summed E-state index contributed by atoms with van der Waals surface area (Å²) < 4.78 is 0. The minimum Gasteiger partial charge on any atom is -0.504 e. The Hall–Kier alpha value is 2.61. The molecule has 0 unspecified atom stereocenters. The van der Waals surface area contributed by atoms with Gasteiger partial charge in [0, 0.05) is 132 Å². The quantitative estimate of drug-likeness (QED) is 0.287. The van der Waals surface area contributed by atoms with Crippen LogP contribution in [0.2, 0.25) is 0 Å². The Labute approximate surface area is 189 Å². The number of aromatic hydroxyl groups is 3. The first kappa shape index (κ1) is 21.9. The van der Waals surface area contributed by atoms with E-state index < -0.39 is 17.2 Å². The second kappa shape index (κ2) is 10.7. The maximum absolute atomic E-state index is 10.1. The summed E-state index contributed by atoms with van der Waals surface area (Å²) in [7, 11) is 0. The fourth-order valence-electron chi connectivity index (χ4n) is 0.680. The molecule has 14 heavy (non-hydrogen) atoms. The van der Waals surface area contributed by atoms with E-state index in [1.54, 1.807) is 0 Å². The average molecular weight is 835 g/mol. The zero-order valence-corrected chi connectivity index (χ0v) is 21.5. The number of hydrogen-bond donors (Lipinski definition) is 3. The molecular weight excluding hydrogens is 829 g/mol. The van der Waals surface area contributed by atoms with Gasteiger partial charge >= 0.3 is 0 Å². The summed E-state index contributed by atoms with van der Waals surface area (Å²) >= 11 is 0. The molecule has 4 nitrogen and oxygen atoms in total. The van der Waals surface area contributed by atoms with Gasteiger partial charge in [-0.1, -0.05) is 0 Å². The van der Waals surface area contributed by atoms with Crippen molar-refractivity contribution in [2.24, 2.45) is 0 Å². The molecule has 1 rings (SSSR count). The molecule has 0 amide bonds. The molecule has 0 saturated heterocycles. The van der Waals surface area contributed by atoms with E-state index in [4.69, 9.17) is 15.3 Å². The van der Waals surface area contributed by atoms with Crippen molar-refractivity contribution >= 4 is 6.29 Å². The number of aldehydes is 1. The SMILES string of the molecule is O=Cc1ccc(O)c(O)c1O.[Ac].[Ac].[Ac]. The molecule has 7 heteroatoms. The molecule has 0 aliphatic carbocycles. The Morgan fingerprint density at radius 2 is 1.43 bits per heavy atom. The normalized spacial score (nSPS) is 7.43. The van der Waals surface area contributed by atoms with Crippen molar-refractivity contribution in [2.45, 2.75) is 0 Å². The maximum atomic E-state index is 10.1. The van der Waals surface area contributed by atoms with Gasteiger partial charge in [-0.15, -0.1) is 0 Å². The van der Waals surface area contributed by atoms with Crippen molar-refractivity contribution in [1.82, 2.24) is 0 Å². The Morgan fingerprint density at radius 1 is 0.929 bits per heavy atom. The van der Waals surface area contributed by atoms with Gasteiger partial charge in [-0.3, -0.25) is 4.79 Å². The van der Waals surface area contributed by atoms with Crippen LogP contribution in [0.4, 0.5) is 0 Å². The predicted molar refractivity (Wildman–Crippen MR) is 36.8 cm³/mol. The standard InChI is InChI=1S/C7H6O4.3Ac/c8-3-4-1-2-5(9)7(11)6(4)10;;;/h1-3,9-11H;;;. The first-order valence-corrected chi connectivity index (χ1v) is 2.86. The largest absolute Gasteiger partial charge is 0.504 e. The molecule has 0 bridgehead atoms. The van der Waals surface area contributed by atoms with Gasteiger partial charge in [0.1, 0.15) is 0 Å². The molecule has 0 saturated carbocycles. The van der Waals surface area contributed by atoms with Gasteiger partial charge in [0.25, 0.3) is 0 Å². The van der Waals surface area contributed by atoms with Crippen molar-refractivity contribution < 1.29 is 152 Å². The number of phenols is 3. The molecule has 3 radical (unpaired) electrons. The average Bonchev–Trinajstić information content (AvgIpc) is 2.01. The fraction of sp³-hybridized carbons (Fsp3) is 0. The number of benzene rings is 1. The van der Waals surface area contributed by atoms with Crippen LogP contribution in [0.1, 0.15) is 10.4 Å². The van der Waals surface area contributed by atoms with Crippen LogP contribution in [-0.2, 0) is 0 Å². The van der Waals surface area contributed by atoms with Gasteiger partial charge in [0.15, 0.2) is 17.8 Å². The molecule has 0 heterocycles. The van der Waals surface area contributed by atoms with Crippen molar-refractivity contribution in [3.05, 3.63) is 17.7 Å². The first-order chi connectivity index (χ1) is 5.16. The summed E-state index contributed by atoms with van der Waals surface area (Å²) in [5.74, 6) is -1.72. The summed E-state index contributed by atoms with van der Waals surface area (Å²) in [5, 5.41) is 26.6. The molecule has 0 aromatic heterocycles.